The van der Waals surface area contributed by atoms with Gasteiger partial charge in [-0.3, -0.25) is 0 Å². The molecule has 0 fully saturated rings. The lowest BCUT2D eigenvalue weighted by Gasteiger charge is -2.43. The van der Waals surface area contributed by atoms with Crippen LogP contribution >= 0.6 is 0 Å². The quantitative estimate of drug-likeness (QED) is 0.360. The van der Waals surface area contributed by atoms with E-state index in [9.17, 15) is 15.0 Å². The van der Waals surface area contributed by atoms with E-state index in [-0.39, 0.29) is 0 Å². The summed E-state index contributed by atoms with van der Waals surface area (Å²) in [4.78, 5) is 11.3. The van der Waals surface area contributed by atoms with Gasteiger partial charge in [-0.2, -0.15) is 0 Å². The molecule has 0 aromatic heterocycles. The topological polar surface area (TPSA) is 60.4 Å². The Morgan fingerprint density at radius 3 is 2.20 bits per heavy atom. The number of quaternary nitrogens is 1. The van der Waals surface area contributed by atoms with Crippen LogP contribution in [0.3, 0.4) is 0 Å². The van der Waals surface area contributed by atoms with Gasteiger partial charge in [-0.05, 0) is 32.8 Å². The minimum absolute atomic E-state index is 0.310. The van der Waals surface area contributed by atoms with E-state index in [1.807, 2.05) is 26.8 Å². The lowest BCUT2D eigenvalue weighted by Crippen LogP contribution is -2.62. The highest BCUT2D eigenvalue weighted by molar-refractivity contribution is 5.69. The smallest absolute Gasteiger partial charge is 0.143 e. The van der Waals surface area contributed by atoms with Gasteiger partial charge in [0.15, 0.2) is 0 Å². The third-order valence-electron chi connectivity index (χ3n) is 4.24. The molecular weight excluding hydrogens is 254 g/mol. The van der Waals surface area contributed by atoms with Gasteiger partial charge in [-0.25, -0.2) is 0 Å². The molecule has 1 N–H and O–H groups in total. The fraction of sp³-hybridized carbons (Fsp3) is 0.812. The summed E-state index contributed by atoms with van der Waals surface area (Å²) in [7, 11) is 0. The number of likely N-dealkylation sites (N-methyl/N-ethyl adjacent to an activating group) is 1. The number of aliphatic carboxylic acids is 1. The summed E-state index contributed by atoms with van der Waals surface area (Å²) in [5.41, 5.74) is 0. The van der Waals surface area contributed by atoms with Gasteiger partial charge in [0.2, 0.25) is 0 Å². The zero-order valence-corrected chi connectivity index (χ0v) is 13.5. The summed E-state index contributed by atoms with van der Waals surface area (Å²) < 4.78 is 0.356. The van der Waals surface area contributed by atoms with Crippen molar-refractivity contribution >= 4 is 5.97 Å². The Labute approximate surface area is 123 Å². The SMILES string of the molecule is CCCCC/C=C(/O)C[N+](CC)(CC)C(CC)C(=O)[O-]. The number of unbranched alkanes of at least 4 members (excludes halogenated alkanes) is 3. The molecule has 20 heavy (non-hydrogen) atoms. The minimum Gasteiger partial charge on any atom is -0.544 e. The number of carbonyl (C=O) groups excluding carboxylic acids is 1. The highest BCUT2D eigenvalue weighted by atomic mass is 16.4. The molecule has 4 heteroatoms. The number of hydrogen-bond acceptors (Lipinski definition) is 3. The Balaban J connectivity index is 4.86. The van der Waals surface area contributed by atoms with Gasteiger partial charge in [0.25, 0.3) is 0 Å². The molecule has 1 unspecified atom stereocenters. The lowest BCUT2D eigenvalue weighted by atomic mass is 10.1. The van der Waals surface area contributed by atoms with Crippen LogP contribution in [0.5, 0.6) is 0 Å². The van der Waals surface area contributed by atoms with Crippen molar-refractivity contribution < 1.29 is 19.5 Å². The molecule has 0 aromatic carbocycles. The normalized spacial score (nSPS) is 14.3. The number of carboxylic acids is 1. The summed E-state index contributed by atoms with van der Waals surface area (Å²) in [5, 5.41) is 21.5. The summed E-state index contributed by atoms with van der Waals surface area (Å²) >= 11 is 0. The molecule has 0 aliphatic heterocycles. The zero-order valence-electron chi connectivity index (χ0n) is 13.5. The van der Waals surface area contributed by atoms with Crippen LogP contribution in [0.25, 0.3) is 0 Å². The van der Waals surface area contributed by atoms with E-state index in [1.54, 1.807) is 0 Å². The number of allylic oxidation sites excluding steroid dienone is 1. The molecule has 0 saturated heterocycles. The van der Waals surface area contributed by atoms with Crippen molar-refractivity contribution in [3.63, 3.8) is 0 Å². The molecule has 118 valence electrons. The largest absolute Gasteiger partial charge is 0.544 e. The van der Waals surface area contributed by atoms with Gasteiger partial charge in [0, 0.05) is 6.42 Å². The number of rotatable bonds is 11. The van der Waals surface area contributed by atoms with Crippen LogP contribution in [-0.4, -0.2) is 41.2 Å². The van der Waals surface area contributed by atoms with Crippen LogP contribution in [-0.2, 0) is 4.79 Å². The fourth-order valence-electron chi connectivity index (χ4n) is 2.83. The Morgan fingerprint density at radius 1 is 1.20 bits per heavy atom. The number of carboxylic acid groups (broad SMARTS) is 1. The van der Waals surface area contributed by atoms with Gasteiger partial charge in [-0.15, -0.1) is 0 Å². The predicted octanol–water partition coefficient (Wildman–Crippen LogP) is 2.39. The number of nitrogens with zero attached hydrogens (tertiary/aromatic N) is 1. The maximum Gasteiger partial charge on any atom is 0.143 e. The first kappa shape index (κ1) is 19.0. The van der Waals surface area contributed by atoms with Gasteiger partial charge in [0.1, 0.15) is 18.3 Å². The van der Waals surface area contributed by atoms with Crippen molar-refractivity contribution in [3.05, 3.63) is 11.8 Å². The number of hydrogen-bond donors (Lipinski definition) is 1. The molecule has 4 nitrogen and oxygen atoms in total. The third kappa shape index (κ3) is 5.53. The molecule has 0 aliphatic rings. The van der Waals surface area contributed by atoms with Crippen molar-refractivity contribution in [3.8, 4) is 0 Å². The van der Waals surface area contributed by atoms with Crippen molar-refractivity contribution in [2.75, 3.05) is 19.6 Å². The summed E-state index contributed by atoms with van der Waals surface area (Å²) in [6.07, 6.45) is 6.60. The van der Waals surface area contributed by atoms with E-state index >= 15 is 0 Å². The Kier molecular flexibility index (Phi) is 9.30. The highest BCUT2D eigenvalue weighted by Gasteiger charge is 2.34. The van der Waals surface area contributed by atoms with E-state index in [1.165, 1.54) is 0 Å². The molecule has 0 radical (unpaired) electrons. The van der Waals surface area contributed by atoms with Crippen LogP contribution in [0, 0.1) is 0 Å². The maximum absolute atomic E-state index is 11.3. The average Bonchev–Trinajstić information content (AvgIpc) is 2.42. The van der Waals surface area contributed by atoms with Crippen molar-refractivity contribution in [2.45, 2.75) is 65.8 Å². The molecular formula is C16H31NO3. The Morgan fingerprint density at radius 2 is 1.80 bits per heavy atom. The van der Waals surface area contributed by atoms with Crippen molar-refractivity contribution in [2.24, 2.45) is 0 Å². The monoisotopic (exact) mass is 285 g/mol. The van der Waals surface area contributed by atoms with Gasteiger partial charge in [0.05, 0.1) is 19.1 Å². The predicted molar refractivity (Wildman–Crippen MR) is 80.1 cm³/mol. The van der Waals surface area contributed by atoms with E-state index in [2.05, 4.69) is 6.92 Å². The zero-order chi connectivity index (χ0) is 15.6. The molecule has 0 aromatic rings. The van der Waals surface area contributed by atoms with E-state index in [4.69, 9.17) is 0 Å². The second-order valence-corrected chi connectivity index (χ2v) is 5.44. The third-order valence-corrected chi connectivity index (χ3v) is 4.24. The fourth-order valence-corrected chi connectivity index (χ4v) is 2.83. The van der Waals surface area contributed by atoms with Crippen molar-refractivity contribution in [1.29, 1.82) is 0 Å². The molecule has 0 heterocycles. The van der Waals surface area contributed by atoms with Crippen molar-refractivity contribution in [1.82, 2.24) is 0 Å². The lowest BCUT2D eigenvalue weighted by molar-refractivity contribution is -0.939. The highest BCUT2D eigenvalue weighted by Crippen LogP contribution is 2.19. The second kappa shape index (κ2) is 9.81. The second-order valence-electron chi connectivity index (χ2n) is 5.44. The molecule has 1 atom stereocenters. The van der Waals surface area contributed by atoms with Crippen LogP contribution in [0.4, 0.5) is 0 Å². The number of aliphatic hydroxyl groups excluding tert-OH is 1. The molecule has 0 saturated carbocycles. The Hall–Kier alpha value is -1.03. The maximum atomic E-state index is 11.3. The molecule has 0 bridgehead atoms. The van der Waals surface area contributed by atoms with Crippen LogP contribution in [0.2, 0.25) is 0 Å². The first-order chi connectivity index (χ1) is 9.47. The summed E-state index contributed by atoms with van der Waals surface area (Å²) in [6, 6.07) is -0.559. The first-order valence-electron chi connectivity index (χ1n) is 7.91. The van der Waals surface area contributed by atoms with Crippen LogP contribution in [0.15, 0.2) is 11.8 Å². The van der Waals surface area contributed by atoms with Gasteiger partial charge < -0.3 is 19.5 Å². The van der Waals surface area contributed by atoms with Crippen LogP contribution < -0.4 is 5.11 Å². The average molecular weight is 285 g/mol. The number of carbonyl (C=O) groups is 1. The van der Waals surface area contributed by atoms with E-state index in [0.717, 1.165) is 25.7 Å². The van der Waals surface area contributed by atoms with Gasteiger partial charge >= 0.3 is 0 Å². The standard InChI is InChI=1S/C16H31NO3/c1-5-9-10-11-12-14(18)13-17(7-3,8-4)15(6-2)16(19)20/h12,15H,5-11,13H2,1-4H3,(H-,18,19,20)/b14-12+. The number of aliphatic hydroxyl groups is 1. The first-order valence-corrected chi connectivity index (χ1v) is 7.91. The molecule has 0 rings (SSSR count). The molecule has 0 aliphatic carbocycles. The summed E-state index contributed by atoms with van der Waals surface area (Å²) in [6.45, 7) is 9.68. The summed E-state index contributed by atoms with van der Waals surface area (Å²) in [5.74, 6) is -0.709. The van der Waals surface area contributed by atoms with E-state index in [0.29, 0.717) is 36.3 Å². The Bertz CT molecular complexity index is 309. The van der Waals surface area contributed by atoms with Gasteiger partial charge in [-0.1, -0.05) is 26.7 Å². The van der Waals surface area contributed by atoms with E-state index < -0.39 is 12.0 Å². The molecule has 0 spiro atoms. The molecule has 0 amide bonds. The van der Waals surface area contributed by atoms with Crippen LogP contribution in [0.1, 0.15) is 59.8 Å². The minimum atomic E-state index is -1.02.